The molecule has 0 spiro atoms. The van der Waals surface area contributed by atoms with Crippen LogP contribution < -0.4 is 20.5 Å². The number of carbonyl (C=O) groups excluding carboxylic acids is 3. The van der Waals surface area contributed by atoms with Crippen LogP contribution in [-0.4, -0.2) is 47.9 Å². The van der Waals surface area contributed by atoms with Gasteiger partial charge in [0.05, 0.1) is 11.9 Å². The summed E-state index contributed by atoms with van der Waals surface area (Å²) in [5, 5.41) is 8.34. The summed E-state index contributed by atoms with van der Waals surface area (Å²) in [6.45, 7) is 0.262. The van der Waals surface area contributed by atoms with E-state index in [0.29, 0.717) is 36.0 Å². The van der Waals surface area contributed by atoms with Crippen molar-refractivity contribution in [3.63, 3.8) is 0 Å². The molecule has 0 saturated carbocycles. The highest BCUT2D eigenvalue weighted by Crippen LogP contribution is 2.34. The number of ether oxygens (including phenoxy) is 3. The van der Waals surface area contributed by atoms with E-state index in [1.807, 2.05) is 0 Å². The highest BCUT2D eigenvalue weighted by atomic mass is 16.6. The zero-order valence-corrected chi connectivity index (χ0v) is 12.9. The van der Waals surface area contributed by atoms with Crippen LogP contribution in [-0.2, 0) is 9.53 Å². The fourth-order valence-corrected chi connectivity index (χ4v) is 2.24. The first kappa shape index (κ1) is 16.3. The first-order valence-electron chi connectivity index (χ1n) is 7.24. The number of nitrogens with one attached hydrogen (secondary N) is 2. The summed E-state index contributed by atoms with van der Waals surface area (Å²) in [4.78, 5) is 34.0. The van der Waals surface area contributed by atoms with Crippen molar-refractivity contribution in [2.45, 2.75) is 0 Å². The number of H-pyrrole nitrogens is 1. The molecule has 1 aliphatic rings. The molecule has 3 amide bonds. The number of amides is 3. The van der Waals surface area contributed by atoms with Crippen LogP contribution in [0.15, 0.2) is 24.4 Å². The van der Waals surface area contributed by atoms with Gasteiger partial charge in [0, 0.05) is 5.56 Å². The zero-order chi connectivity index (χ0) is 17.8. The van der Waals surface area contributed by atoms with Crippen LogP contribution in [0.1, 0.15) is 10.4 Å². The normalized spacial score (nSPS) is 12.3. The molecule has 0 unspecified atom stereocenters. The summed E-state index contributed by atoms with van der Waals surface area (Å²) in [7, 11) is 0. The largest absolute Gasteiger partial charge is 0.486 e. The maximum Gasteiger partial charge on any atom is 0.342 e. The van der Waals surface area contributed by atoms with Gasteiger partial charge in [-0.15, -0.1) is 0 Å². The molecule has 0 bridgehead atoms. The molecule has 0 fully saturated rings. The predicted molar refractivity (Wildman–Crippen MR) is 83.0 cm³/mol. The molecule has 3 rings (SSSR count). The monoisotopic (exact) mass is 346 g/mol. The molecule has 2 heterocycles. The Bertz CT molecular complexity index is 831. The van der Waals surface area contributed by atoms with Gasteiger partial charge in [-0.25, -0.2) is 9.59 Å². The van der Waals surface area contributed by atoms with Crippen LogP contribution in [0, 0.1) is 0 Å². The van der Waals surface area contributed by atoms with E-state index in [0.717, 1.165) is 0 Å². The predicted octanol–water partition coefficient (Wildman–Crippen LogP) is 0.200. The minimum absolute atomic E-state index is 0.128. The van der Waals surface area contributed by atoms with E-state index >= 15 is 0 Å². The SMILES string of the molecule is NC(=O)NC(=O)COC(=O)c1cn[nH]c1-c1ccc2c(c1)OCCO2. The second-order valence-electron chi connectivity index (χ2n) is 5.01. The first-order valence-corrected chi connectivity index (χ1v) is 7.24. The van der Waals surface area contributed by atoms with Gasteiger partial charge in [-0.05, 0) is 18.2 Å². The third kappa shape index (κ3) is 3.68. The molecule has 1 aliphatic heterocycles. The van der Waals surface area contributed by atoms with Crippen molar-refractivity contribution >= 4 is 17.9 Å². The smallest absolute Gasteiger partial charge is 0.342 e. The Morgan fingerprint density at radius 1 is 1.24 bits per heavy atom. The number of aromatic nitrogens is 2. The highest BCUT2D eigenvalue weighted by Gasteiger charge is 2.20. The van der Waals surface area contributed by atoms with Crippen LogP contribution in [0.5, 0.6) is 11.5 Å². The van der Waals surface area contributed by atoms with Gasteiger partial charge >= 0.3 is 12.0 Å². The lowest BCUT2D eigenvalue weighted by Gasteiger charge is -2.18. The third-order valence-electron chi connectivity index (χ3n) is 3.29. The summed E-state index contributed by atoms with van der Waals surface area (Å²) in [6, 6.07) is 4.14. The zero-order valence-electron chi connectivity index (χ0n) is 12.9. The van der Waals surface area contributed by atoms with E-state index in [2.05, 4.69) is 10.2 Å². The fraction of sp³-hybridized carbons (Fsp3) is 0.200. The van der Waals surface area contributed by atoms with Crippen molar-refractivity contribution in [1.29, 1.82) is 0 Å². The van der Waals surface area contributed by atoms with Gasteiger partial charge in [0.1, 0.15) is 18.8 Å². The van der Waals surface area contributed by atoms with E-state index in [1.165, 1.54) is 6.20 Å². The van der Waals surface area contributed by atoms with E-state index in [-0.39, 0.29) is 5.56 Å². The molecule has 130 valence electrons. The van der Waals surface area contributed by atoms with Crippen molar-refractivity contribution in [3.05, 3.63) is 30.0 Å². The number of nitrogens with two attached hydrogens (primary N) is 1. The van der Waals surface area contributed by atoms with Gasteiger partial charge in [-0.1, -0.05) is 0 Å². The quantitative estimate of drug-likeness (QED) is 0.670. The fourth-order valence-electron chi connectivity index (χ4n) is 2.24. The summed E-state index contributed by atoms with van der Waals surface area (Å²) in [6.07, 6.45) is 1.28. The number of imide groups is 1. The molecule has 0 saturated heterocycles. The Morgan fingerprint density at radius 3 is 2.76 bits per heavy atom. The van der Waals surface area contributed by atoms with Gasteiger partial charge < -0.3 is 19.9 Å². The van der Waals surface area contributed by atoms with Gasteiger partial charge in [-0.2, -0.15) is 5.10 Å². The number of benzene rings is 1. The van der Waals surface area contributed by atoms with Crippen molar-refractivity contribution in [2.75, 3.05) is 19.8 Å². The van der Waals surface area contributed by atoms with Crippen LogP contribution in [0.2, 0.25) is 0 Å². The van der Waals surface area contributed by atoms with Gasteiger partial charge in [0.25, 0.3) is 5.91 Å². The van der Waals surface area contributed by atoms with E-state index < -0.39 is 24.5 Å². The Labute approximate surface area is 141 Å². The number of hydrogen-bond acceptors (Lipinski definition) is 7. The molecule has 25 heavy (non-hydrogen) atoms. The number of urea groups is 1. The molecule has 1 aromatic carbocycles. The molecule has 2 aromatic rings. The Balaban J connectivity index is 1.75. The topological polar surface area (TPSA) is 146 Å². The Hall–Kier alpha value is -3.56. The molecular formula is C15H14N4O6. The van der Waals surface area contributed by atoms with Crippen molar-refractivity contribution in [3.8, 4) is 22.8 Å². The molecular weight excluding hydrogens is 332 g/mol. The summed E-state index contributed by atoms with van der Waals surface area (Å²) in [5.41, 5.74) is 5.96. The summed E-state index contributed by atoms with van der Waals surface area (Å²) >= 11 is 0. The first-order chi connectivity index (χ1) is 12.0. The van der Waals surface area contributed by atoms with Crippen molar-refractivity contribution in [1.82, 2.24) is 15.5 Å². The lowest BCUT2D eigenvalue weighted by molar-refractivity contribution is -0.123. The lowest BCUT2D eigenvalue weighted by atomic mass is 10.1. The van der Waals surface area contributed by atoms with E-state index in [9.17, 15) is 14.4 Å². The van der Waals surface area contributed by atoms with Gasteiger partial charge in [-0.3, -0.25) is 15.2 Å². The Kier molecular flexibility index (Phi) is 4.50. The van der Waals surface area contributed by atoms with E-state index in [1.54, 1.807) is 23.5 Å². The molecule has 0 radical (unpaired) electrons. The molecule has 1 aromatic heterocycles. The number of aromatic amines is 1. The number of nitrogens with zero attached hydrogens (tertiary/aromatic N) is 1. The second-order valence-corrected chi connectivity index (χ2v) is 5.01. The summed E-state index contributed by atoms with van der Waals surface area (Å²) in [5.74, 6) is -0.441. The highest BCUT2D eigenvalue weighted by molar-refractivity contribution is 5.99. The van der Waals surface area contributed by atoms with Crippen LogP contribution in [0.3, 0.4) is 0 Å². The van der Waals surface area contributed by atoms with Gasteiger partial charge in [0.15, 0.2) is 18.1 Å². The average Bonchev–Trinajstić information content (AvgIpc) is 3.08. The Morgan fingerprint density at radius 2 is 2.00 bits per heavy atom. The van der Waals surface area contributed by atoms with Crippen LogP contribution >= 0.6 is 0 Å². The van der Waals surface area contributed by atoms with Crippen LogP contribution in [0.4, 0.5) is 4.79 Å². The third-order valence-corrected chi connectivity index (χ3v) is 3.29. The molecule has 10 nitrogen and oxygen atoms in total. The molecule has 0 atom stereocenters. The lowest BCUT2D eigenvalue weighted by Crippen LogP contribution is -2.37. The number of carbonyl (C=O) groups is 3. The minimum atomic E-state index is -1.03. The number of rotatable bonds is 4. The van der Waals surface area contributed by atoms with Crippen LogP contribution in [0.25, 0.3) is 11.3 Å². The molecule has 4 N–H and O–H groups in total. The summed E-state index contributed by atoms with van der Waals surface area (Å²) < 4.78 is 15.8. The van der Waals surface area contributed by atoms with Crippen molar-refractivity contribution < 1.29 is 28.6 Å². The maximum absolute atomic E-state index is 12.1. The number of fused-ring (bicyclic) bond motifs is 1. The van der Waals surface area contributed by atoms with Crippen molar-refractivity contribution in [2.24, 2.45) is 5.73 Å². The minimum Gasteiger partial charge on any atom is -0.486 e. The standard InChI is InChI=1S/C15H14N4O6/c16-15(22)18-12(20)7-25-14(21)9-6-17-19-13(9)8-1-2-10-11(5-8)24-4-3-23-10/h1-2,5-6H,3-4,7H2,(H,17,19)(H3,16,18,20,22). The van der Waals surface area contributed by atoms with E-state index in [4.69, 9.17) is 19.9 Å². The maximum atomic E-state index is 12.1. The molecule has 0 aliphatic carbocycles. The number of esters is 1. The second kappa shape index (κ2) is 6.91. The average molecular weight is 346 g/mol. The van der Waals surface area contributed by atoms with Gasteiger partial charge in [0.2, 0.25) is 0 Å². The number of hydrogen-bond donors (Lipinski definition) is 3. The number of primary amides is 1. The molecule has 10 heteroatoms.